The number of nitrogens with one attached hydrogen (secondary N) is 1. The molecule has 0 radical (unpaired) electrons. The molecule has 0 aliphatic carbocycles. The highest BCUT2D eigenvalue weighted by molar-refractivity contribution is 9.11. The standard InChI is InChI=1S/C24H22Br2N2O2/c1-16-8-9-20(17(2)10-16)13-23(29)28-27-14-19-11-21(25)24(22(26)12-19)30-15-18-6-4-3-5-7-18/h3-12,14H,13,15H2,1-2H3,(H,28,29)/b27-14-. The third kappa shape index (κ3) is 6.28. The molecular weight excluding hydrogens is 508 g/mol. The number of halogens is 2. The van der Waals surface area contributed by atoms with Gasteiger partial charge in [-0.25, -0.2) is 5.43 Å². The monoisotopic (exact) mass is 528 g/mol. The van der Waals surface area contributed by atoms with Gasteiger partial charge in [-0.2, -0.15) is 5.10 Å². The maximum atomic E-state index is 12.2. The minimum absolute atomic E-state index is 0.154. The third-order valence-corrected chi connectivity index (χ3v) is 5.68. The summed E-state index contributed by atoms with van der Waals surface area (Å²) in [5.41, 5.74) is 7.79. The molecule has 0 saturated carbocycles. The van der Waals surface area contributed by atoms with Gasteiger partial charge in [0.25, 0.3) is 0 Å². The highest BCUT2D eigenvalue weighted by Gasteiger charge is 2.09. The fraction of sp³-hybridized carbons (Fsp3) is 0.167. The second-order valence-corrected chi connectivity index (χ2v) is 8.70. The van der Waals surface area contributed by atoms with E-state index in [1.54, 1.807) is 6.21 Å². The van der Waals surface area contributed by atoms with Crippen molar-refractivity contribution >= 4 is 44.0 Å². The maximum Gasteiger partial charge on any atom is 0.244 e. The molecule has 0 unspecified atom stereocenters. The molecule has 0 fully saturated rings. The Kier molecular flexibility index (Phi) is 7.82. The van der Waals surface area contributed by atoms with E-state index in [1.807, 2.05) is 68.4 Å². The molecule has 1 amide bonds. The van der Waals surface area contributed by atoms with Gasteiger partial charge in [-0.1, -0.05) is 54.1 Å². The number of aryl methyl sites for hydroxylation is 2. The second kappa shape index (κ2) is 10.5. The maximum absolute atomic E-state index is 12.2. The molecule has 0 spiro atoms. The molecule has 4 nitrogen and oxygen atoms in total. The van der Waals surface area contributed by atoms with Gasteiger partial charge in [-0.05, 0) is 80.1 Å². The van der Waals surface area contributed by atoms with Gasteiger partial charge in [0.15, 0.2) is 0 Å². The lowest BCUT2D eigenvalue weighted by Gasteiger charge is -2.11. The second-order valence-electron chi connectivity index (χ2n) is 6.99. The van der Waals surface area contributed by atoms with Gasteiger partial charge in [-0.3, -0.25) is 4.79 Å². The van der Waals surface area contributed by atoms with Crippen LogP contribution in [0.4, 0.5) is 0 Å². The summed E-state index contributed by atoms with van der Waals surface area (Å²) in [5.74, 6) is 0.564. The van der Waals surface area contributed by atoms with Crippen LogP contribution in [0.25, 0.3) is 0 Å². The molecule has 1 N–H and O–H groups in total. The summed E-state index contributed by atoms with van der Waals surface area (Å²) < 4.78 is 7.53. The number of hydrazone groups is 1. The van der Waals surface area contributed by atoms with Crippen molar-refractivity contribution < 1.29 is 9.53 Å². The summed E-state index contributed by atoms with van der Waals surface area (Å²) in [4.78, 5) is 12.2. The summed E-state index contributed by atoms with van der Waals surface area (Å²) >= 11 is 7.09. The summed E-state index contributed by atoms with van der Waals surface area (Å²) in [6, 6.07) is 19.8. The van der Waals surface area contributed by atoms with E-state index in [4.69, 9.17) is 4.74 Å². The zero-order valence-corrected chi connectivity index (χ0v) is 20.0. The molecule has 0 heterocycles. The van der Waals surface area contributed by atoms with Crippen molar-refractivity contribution in [1.29, 1.82) is 0 Å². The first-order valence-electron chi connectivity index (χ1n) is 9.46. The van der Waals surface area contributed by atoms with Crippen molar-refractivity contribution in [3.63, 3.8) is 0 Å². The lowest BCUT2D eigenvalue weighted by molar-refractivity contribution is -0.120. The van der Waals surface area contributed by atoms with E-state index in [0.29, 0.717) is 13.0 Å². The summed E-state index contributed by atoms with van der Waals surface area (Å²) in [7, 11) is 0. The average Bonchev–Trinajstić information content (AvgIpc) is 2.70. The molecule has 0 aliphatic rings. The Morgan fingerprint density at radius 3 is 2.40 bits per heavy atom. The number of benzene rings is 3. The van der Waals surface area contributed by atoms with Crippen molar-refractivity contribution in [3.05, 3.63) is 97.4 Å². The first-order chi connectivity index (χ1) is 14.4. The van der Waals surface area contributed by atoms with Gasteiger partial charge in [0, 0.05) is 0 Å². The topological polar surface area (TPSA) is 50.7 Å². The molecular formula is C24H22Br2N2O2. The fourth-order valence-corrected chi connectivity index (χ4v) is 4.41. The van der Waals surface area contributed by atoms with Crippen molar-refractivity contribution in [3.8, 4) is 5.75 Å². The van der Waals surface area contributed by atoms with Crippen LogP contribution in [0.1, 0.15) is 27.8 Å². The quantitative estimate of drug-likeness (QED) is 0.297. The van der Waals surface area contributed by atoms with Gasteiger partial charge in [-0.15, -0.1) is 0 Å². The number of ether oxygens (including phenoxy) is 1. The molecule has 3 aromatic carbocycles. The molecule has 3 aromatic rings. The largest absolute Gasteiger partial charge is 0.487 e. The van der Waals surface area contributed by atoms with Crippen molar-refractivity contribution in [1.82, 2.24) is 5.43 Å². The van der Waals surface area contributed by atoms with Crippen molar-refractivity contribution in [2.45, 2.75) is 26.9 Å². The average molecular weight is 530 g/mol. The minimum atomic E-state index is -0.154. The number of nitrogens with zero attached hydrogens (tertiary/aromatic N) is 1. The Hall–Kier alpha value is -2.44. The highest BCUT2D eigenvalue weighted by Crippen LogP contribution is 2.35. The predicted octanol–water partition coefficient (Wildman–Crippen LogP) is 6.10. The van der Waals surface area contributed by atoms with Crippen LogP contribution in [-0.4, -0.2) is 12.1 Å². The van der Waals surface area contributed by atoms with Crippen molar-refractivity contribution in [2.75, 3.05) is 0 Å². The number of rotatable bonds is 7. The summed E-state index contributed by atoms with van der Waals surface area (Å²) in [6.45, 7) is 4.52. The smallest absolute Gasteiger partial charge is 0.244 e. The van der Waals surface area contributed by atoms with Crippen LogP contribution < -0.4 is 10.2 Å². The fourth-order valence-electron chi connectivity index (χ4n) is 2.96. The Bertz CT molecular complexity index is 1040. The first kappa shape index (κ1) is 22.2. The van der Waals surface area contributed by atoms with Gasteiger partial charge in [0.05, 0.1) is 21.6 Å². The Morgan fingerprint density at radius 1 is 1.03 bits per heavy atom. The van der Waals surface area contributed by atoms with Crippen LogP contribution in [0.3, 0.4) is 0 Å². The molecule has 0 atom stereocenters. The first-order valence-corrected chi connectivity index (χ1v) is 11.0. The molecule has 3 rings (SSSR count). The lowest BCUT2D eigenvalue weighted by atomic mass is 10.0. The van der Waals surface area contributed by atoms with Crippen LogP contribution >= 0.6 is 31.9 Å². The van der Waals surface area contributed by atoms with E-state index < -0.39 is 0 Å². The lowest BCUT2D eigenvalue weighted by Crippen LogP contribution is -2.20. The van der Waals surface area contributed by atoms with Crippen LogP contribution in [0.2, 0.25) is 0 Å². The molecule has 6 heteroatoms. The van der Waals surface area contributed by atoms with Gasteiger partial charge in [0.2, 0.25) is 5.91 Å². The van der Waals surface area contributed by atoms with E-state index in [-0.39, 0.29) is 5.91 Å². The summed E-state index contributed by atoms with van der Waals surface area (Å²) in [5, 5.41) is 4.08. The third-order valence-electron chi connectivity index (χ3n) is 4.50. The molecule has 0 aromatic heterocycles. The molecule has 0 bridgehead atoms. The molecule has 0 aliphatic heterocycles. The predicted molar refractivity (Wildman–Crippen MR) is 128 cm³/mol. The Balaban J connectivity index is 1.59. The van der Waals surface area contributed by atoms with E-state index in [1.165, 1.54) is 5.56 Å². The van der Waals surface area contributed by atoms with Gasteiger partial charge >= 0.3 is 0 Å². The zero-order valence-electron chi connectivity index (χ0n) is 16.8. The Labute approximate surface area is 193 Å². The van der Waals surface area contributed by atoms with Crippen LogP contribution in [0.15, 0.2) is 74.7 Å². The SMILES string of the molecule is Cc1ccc(CC(=O)N/N=C\c2cc(Br)c(OCc3ccccc3)c(Br)c2)c(C)c1. The number of carbonyl (C=O) groups is 1. The van der Waals surface area contributed by atoms with Gasteiger partial charge in [0.1, 0.15) is 12.4 Å². The van der Waals surface area contributed by atoms with E-state index in [2.05, 4.69) is 48.5 Å². The van der Waals surface area contributed by atoms with Crippen LogP contribution in [0.5, 0.6) is 5.75 Å². The minimum Gasteiger partial charge on any atom is -0.487 e. The number of carbonyl (C=O) groups excluding carboxylic acids is 1. The molecule has 30 heavy (non-hydrogen) atoms. The van der Waals surface area contributed by atoms with Crippen molar-refractivity contribution in [2.24, 2.45) is 5.10 Å². The van der Waals surface area contributed by atoms with E-state index >= 15 is 0 Å². The number of hydrogen-bond donors (Lipinski definition) is 1. The zero-order chi connectivity index (χ0) is 21.5. The Morgan fingerprint density at radius 2 is 1.73 bits per heavy atom. The highest BCUT2D eigenvalue weighted by atomic mass is 79.9. The molecule has 154 valence electrons. The van der Waals surface area contributed by atoms with E-state index in [0.717, 1.165) is 36.9 Å². The summed E-state index contributed by atoms with van der Waals surface area (Å²) in [6.07, 6.45) is 1.90. The molecule has 0 saturated heterocycles. The number of amides is 1. The van der Waals surface area contributed by atoms with E-state index in [9.17, 15) is 4.79 Å². The van der Waals surface area contributed by atoms with Crippen LogP contribution in [0, 0.1) is 13.8 Å². The van der Waals surface area contributed by atoms with Crippen LogP contribution in [-0.2, 0) is 17.8 Å². The number of hydrogen-bond acceptors (Lipinski definition) is 3. The normalized spacial score (nSPS) is 10.9. The van der Waals surface area contributed by atoms with Gasteiger partial charge < -0.3 is 4.74 Å².